The molecule has 208 valence electrons. The van der Waals surface area contributed by atoms with Crippen molar-refractivity contribution in [1.29, 1.82) is 0 Å². The summed E-state index contributed by atoms with van der Waals surface area (Å²) in [5.41, 5.74) is -1.39. The summed E-state index contributed by atoms with van der Waals surface area (Å²) in [6.07, 6.45) is -0.947. The number of phenols is 3. The van der Waals surface area contributed by atoms with Crippen LogP contribution in [0, 0.1) is 0 Å². The van der Waals surface area contributed by atoms with Gasteiger partial charge in [-0.25, -0.2) is 14.4 Å². The van der Waals surface area contributed by atoms with E-state index in [4.69, 9.17) is 14.2 Å². The Morgan fingerprint density at radius 2 is 1.44 bits per heavy atom. The van der Waals surface area contributed by atoms with E-state index in [0.29, 0.717) is 11.1 Å². The third-order valence-electron chi connectivity index (χ3n) is 5.94. The van der Waals surface area contributed by atoms with Gasteiger partial charge in [-0.1, -0.05) is 12.1 Å². The van der Waals surface area contributed by atoms with Crippen LogP contribution in [-0.2, 0) is 28.6 Å². The van der Waals surface area contributed by atoms with E-state index < -0.39 is 60.4 Å². The molecule has 2 aromatic carbocycles. The van der Waals surface area contributed by atoms with Gasteiger partial charge in [-0.05, 0) is 47.5 Å². The van der Waals surface area contributed by atoms with E-state index in [1.165, 1.54) is 55.7 Å². The first kappa shape index (κ1) is 29.0. The van der Waals surface area contributed by atoms with Crippen molar-refractivity contribution in [1.82, 2.24) is 0 Å². The second kappa shape index (κ2) is 12.3. The topological polar surface area (TPSA) is 189 Å². The van der Waals surface area contributed by atoms with Crippen LogP contribution >= 0.6 is 0 Å². The maximum atomic E-state index is 12.6. The van der Waals surface area contributed by atoms with Crippen LogP contribution in [0.3, 0.4) is 0 Å². The van der Waals surface area contributed by atoms with E-state index >= 15 is 0 Å². The number of esters is 3. The number of phenolic OH excluding ortho intramolecular Hbond substituents is 3. The number of aromatic hydroxyl groups is 3. The van der Waals surface area contributed by atoms with Crippen molar-refractivity contribution in [3.63, 3.8) is 0 Å². The highest BCUT2D eigenvalue weighted by Gasteiger charge is 2.52. The van der Waals surface area contributed by atoms with E-state index in [1.807, 2.05) is 0 Å². The molecular weight excluding hydrogens is 516 g/mol. The molecule has 0 saturated heterocycles. The maximum absolute atomic E-state index is 12.6. The Labute approximate surface area is 222 Å². The molecule has 0 heterocycles. The summed E-state index contributed by atoms with van der Waals surface area (Å²) in [5.74, 6) is -3.64. The normalized spacial score (nSPS) is 22.9. The van der Waals surface area contributed by atoms with Gasteiger partial charge in [0.2, 0.25) is 0 Å². The first-order valence-corrected chi connectivity index (χ1v) is 11.6. The summed E-state index contributed by atoms with van der Waals surface area (Å²) in [4.78, 5) is 37.3. The number of hydrogen-bond donors (Lipinski definition) is 5. The molecular formula is C27H28O12. The van der Waals surface area contributed by atoms with Crippen molar-refractivity contribution in [3.8, 4) is 23.0 Å². The van der Waals surface area contributed by atoms with Crippen LogP contribution in [0.25, 0.3) is 12.2 Å². The molecule has 0 bridgehead atoms. The van der Waals surface area contributed by atoms with Gasteiger partial charge < -0.3 is 44.5 Å². The number of methoxy groups -OCH3 is 2. The van der Waals surface area contributed by atoms with Crippen LogP contribution in [0.2, 0.25) is 0 Å². The number of carbonyl (C=O) groups excluding carboxylic acids is 3. The molecule has 0 radical (unpaired) electrons. The van der Waals surface area contributed by atoms with Gasteiger partial charge in [0.05, 0.1) is 20.3 Å². The lowest BCUT2D eigenvalue weighted by Gasteiger charge is -2.41. The fourth-order valence-electron chi connectivity index (χ4n) is 3.99. The Hall–Kier alpha value is -4.55. The number of rotatable bonds is 8. The Bertz CT molecular complexity index is 1280. The van der Waals surface area contributed by atoms with E-state index in [1.54, 1.807) is 0 Å². The van der Waals surface area contributed by atoms with Crippen molar-refractivity contribution in [2.75, 3.05) is 14.2 Å². The van der Waals surface area contributed by atoms with Crippen LogP contribution in [-0.4, -0.2) is 81.6 Å². The van der Waals surface area contributed by atoms with Gasteiger partial charge in [0, 0.05) is 25.0 Å². The second-order valence-electron chi connectivity index (χ2n) is 8.72. The monoisotopic (exact) mass is 544 g/mol. The van der Waals surface area contributed by atoms with Gasteiger partial charge in [0.25, 0.3) is 0 Å². The largest absolute Gasteiger partial charge is 0.504 e. The summed E-state index contributed by atoms with van der Waals surface area (Å²) >= 11 is 0. The summed E-state index contributed by atoms with van der Waals surface area (Å²) in [6, 6.07) is 8.17. The van der Waals surface area contributed by atoms with Crippen LogP contribution in [0.1, 0.15) is 24.0 Å². The highest BCUT2D eigenvalue weighted by molar-refractivity contribution is 5.88. The van der Waals surface area contributed by atoms with Crippen molar-refractivity contribution >= 4 is 30.1 Å². The smallest absolute Gasteiger partial charge is 0.338 e. The minimum absolute atomic E-state index is 0.0958. The molecule has 4 atom stereocenters. The van der Waals surface area contributed by atoms with Crippen molar-refractivity contribution in [3.05, 3.63) is 59.7 Å². The molecule has 1 aliphatic carbocycles. The van der Waals surface area contributed by atoms with Crippen molar-refractivity contribution in [2.45, 2.75) is 36.8 Å². The third-order valence-corrected chi connectivity index (χ3v) is 5.94. The number of hydrogen-bond acceptors (Lipinski definition) is 12. The average Bonchev–Trinajstić information content (AvgIpc) is 2.90. The van der Waals surface area contributed by atoms with Gasteiger partial charge >= 0.3 is 17.9 Å². The Morgan fingerprint density at radius 1 is 0.846 bits per heavy atom. The van der Waals surface area contributed by atoms with E-state index in [9.17, 15) is 39.9 Å². The zero-order valence-electron chi connectivity index (χ0n) is 21.0. The van der Waals surface area contributed by atoms with E-state index in [0.717, 1.165) is 19.3 Å². The number of aliphatic hydroxyl groups is 2. The van der Waals surface area contributed by atoms with Gasteiger partial charge in [-0.15, -0.1) is 0 Å². The summed E-state index contributed by atoms with van der Waals surface area (Å²) in [7, 11) is 2.40. The molecule has 0 aliphatic heterocycles. The third kappa shape index (κ3) is 7.27. The van der Waals surface area contributed by atoms with Gasteiger partial charge in [0.15, 0.2) is 34.7 Å². The minimum Gasteiger partial charge on any atom is -0.504 e. The molecule has 12 nitrogen and oxygen atoms in total. The Balaban J connectivity index is 1.77. The highest BCUT2D eigenvalue weighted by Crippen LogP contribution is 2.34. The van der Waals surface area contributed by atoms with Gasteiger partial charge in [-0.3, -0.25) is 0 Å². The standard InChI is InChI=1S/C27H28O12/c1-36-21-12-16(4-8-18(21)29)6-10-24(33)39-25-20(31)13-27(35,26(34)37-2)14-22(25)38-23(32)9-5-15-3-7-17(28)19(30)11-15/h3-12,20,22,25,28-31,35H,13-14H2,1-2H3. The molecule has 0 aromatic heterocycles. The molecule has 1 aliphatic rings. The number of ether oxygens (including phenoxy) is 4. The molecule has 2 aromatic rings. The quantitative estimate of drug-likeness (QED) is 0.139. The molecule has 39 heavy (non-hydrogen) atoms. The number of aliphatic hydroxyl groups excluding tert-OH is 1. The van der Waals surface area contributed by atoms with Gasteiger partial charge in [-0.2, -0.15) is 0 Å². The van der Waals surface area contributed by atoms with E-state index in [2.05, 4.69) is 4.74 Å². The maximum Gasteiger partial charge on any atom is 0.338 e. The molecule has 1 fully saturated rings. The predicted octanol–water partition coefficient (Wildman–Crippen LogP) is 1.42. The summed E-state index contributed by atoms with van der Waals surface area (Å²) in [5, 5.41) is 50.1. The lowest BCUT2D eigenvalue weighted by molar-refractivity contribution is -0.206. The summed E-state index contributed by atoms with van der Waals surface area (Å²) in [6.45, 7) is 0. The number of carbonyl (C=O) groups is 3. The lowest BCUT2D eigenvalue weighted by Crippen LogP contribution is -2.58. The number of benzene rings is 2. The van der Waals surface area contributed by atoms with E-state index in [-0.39, 0.29) is 17.2 Å². The SMILES string of the molecule is COC(=O)C1(O)CC(O)C(OC(=O)C=Cc2ccc(O)c(OC)c2)C(OC(=O)C=Cc2ccc(O)c(O)c2)C1. The van der Waals surface area contributed by atoms with Crippen LogP contribution < -0.4 is 4.74 Å². The molecule has 12 heteroatoms. The molecule has 1 saturated carbocycles. The fraction of sp³-hybridized carbons (Fsp3) is 0.296. The Kier molecular flexibility index (Phi) is 9.17. The van der Waals surface area contributed by atoms with Crippen molar-refractivity contribution < 1.29 is 58.9 Å². The lowest BCUT2D eigenvalue weighted by atomic mass is 9.79. The first-order chi connectivity index (χ1) is 18.4. The molecule has 0 spiro atoms. The molecule has 5 N–H and O–H groups in total. The van der Waals surface area contributed by atoms with Crippen LogP contribution in [0.15, 0.2) is 48.6 Å². The van der Waals surface area contributed by atoms with Crippen LogP contribution in [0.5, 0.6) is 23.0 Å². The zero-order valence-corrected chi connectivity index (χ0v) is 21.0. The molecule has 3 rings (SSSR count). The predicted molar refractivity (Wildman–Crippen MR) is 134 cm³/mol. The van der Waals surface area contributed by atoms with Gasteiger partial charge in [0.1, 0.15) is 6.10 Å². The zero-order chi connectivity index (χ0) is 28.7. The average molecular weight is 545 g/mol. The van der Waals surface area contributed by atoms with Crippen molar-refractivity contribution in [2.24, 2.45) is 0 Å². The van der Waals surface area contributed by atoms with Crippen LogP contribution in [0.4, 0.5) is 0 Å². The molecule has 0 amide bonds. The first-order valence-electron chi connectivity index (χ1n) is 11.6. The summed E-state index contributed by atoms with van der Waals surface area (Å²) < 4.78 is 20.3. The highest BCUT2D eigenvalue weighted by atomic mass is 16.6. The Morgan fingerprint density at radius 3 is 2.03 bits per heavy atom. The minimum atomic E-state index is -2.22. The molecule has 4 unspecified atom stereocenters. The second-order valence-corrected chi connectivity index (χ2v) is 8.72. The fourth-order valence-corrected chi connectivity index (χ4v) is 3.99.